The number of rotatable bonds is 4. The van der Waals surface area contributed by atoms with Crippen molar-refractivity contribution in [1.82, 2.24) is 4.98 Å². The molecule has 0 aliphatic heterocycles. The first-order chi connectivity index (χ1) is 8.22. The predicted octanol–water partition coefficient (Wildman–Crippen LogP) is 3.11. The summed E-state index contributed by atoms with van der Waals surface area (Å²) in [4.78, 5) is 14.9. The second-order valence-electron chi connectivity index (χ2n) is 2.94. The van der Waals surface area contributed by atoms with Crippen molar-refractivity contribution in [2.45, 2.75) is 53.9 Å². The first-order valence-electron chi connectivity index (χ1n) is 6.45. The van der Waals surface area contributed by atoms with Crippen LogP contribution in [0.1, 0.15) is 52.4 Å². The Morgan fingerprint density at radius 3 is 2.18 bits per heavy atom. The van der Waals surface area contributed by atoms with Crippen molar-refractivity contribution in [2.75, 3.05) is 0 Å². The highest BCUT2D eigenvalue weighted by atomic mass is 16.1. The minimum Gasteiger partial charge on any atom is -0.370 e. The van der Waals surface area contributed by atoms with Crippen LogP contribution in [0.5, 0.6) is 0 Å². The van der Waals surface area contributed by atoms with Crippen molar-refractivity contribution in [3.8, 4) is 0 Å². The highest BCUT2D eigenvalue weighted by molar-refractivity contribution is 5.73. The molecule has 17 heavy (non-hydrogen) atoms. The van der Waals surface area contributed by atoms with E-state index in [2.05, 4.69) is 11.9 Å². The Kier molecular flexibility index (Phi) is 13.4. The quantitative estimate of drug-likeness (QED) is 0.876. The Morgan fingerprint density at radius 2 is 1.71 bits per heavy atom. The number of aromatic nitrogens is 1. The number of aryl methyl sites for hydroxylation is 2. The molecule has 3 heteroatoms. The van der Waals surface area contributed by atoms with Gasteiger partial charge in [0.15, 0.2) is 0 Å². The van der Waals surface area contributed by atoms with Crippen LogP contribution in [0.3, 0.4) is 0 Å². The lowest BCUT2D eigenvalue weighted by Gasteiger charge is -2.00. The molecule has 2 N–H and O–H groups in total. The van der Waals surface area contributed by atoms with Gasteiger partial charge in [0.25, 0.3) is 0 Å². The number of nitrogens with zero attached hydrogens (tertiary/aromatic N) is 1. The van der Waals surface area contributed by atoms with Crippen LogP contribution in [0, 0.1) is 0 Å². The zero-order chi connectivity index (χ0) is 13.7. The molecule has 1 rings (SSSR count). The van der Waals surface area contributed by atoms with E-state index in [-0.39, 0.29) is 5.91 Å². The molecule has 0 saturated heterocycles. The molecule has 0 saturated carbocycles. The van der Waals surface area contributed by atoms with E-state index in [9.17, 15) is 4.79 Å². The minimum atomic E-state index is -0.274. The molecule has 0 aliphatic rings. The molecule has 0 aliphatic carbocycles. The van der Waals surface area contributed by atoms with Gasteiger partial charge in [0, 0.05) is 17.8 Å². The van der Waals surface area contributed by atoms with Crippen LogP contribution >= 0.6 is 0 Å². The highest BCUT2D eigenvalue weighted by Gasteiger charge is 1.99. The second-order valence-corrected chi connectivity index (χ2v) is 2.94. The summed E-state index contributed by atoms with van der Waals surface area (Å²) < 4.78 is 0. The average molecular weight is 238 g/mol. The van der Waals surface area contributed by atoms with Gasteiger partial charge in [0.05, 0.1) is 0 Å². The summed E-state index contributed by atoms with van der Waals surface area (Å²) in [6.45, 7) is 10.1. The van der Waals surface area contributed by atoms with E-state index in [0.717, 1.165) is 17.8 Å². The number of hydrogen-bond donors (Lipinski definition) is 1. The molecule has 0 aromatic carbocycles. The Bertz CT molecular complexity index is 298. The van der Waals surface area contributed by atoms with Crippen molar-refractivity contribution in [1.29, 1.82) is 0 Å². The fraction of sp³-hybridized carbons (Fsp3) is 0.571. The van der Waals surface area contributed by atoms with E-state index in [4.69, 9.17) is 5.73 Å². The van der Waals surface area contributed by atoms with Crippen molar-refractivity contribution in [3.63, 3.8) is 0 Å². The standard InChI is InChI=1S/C10H14N2O.2C2H6/c1-2-8-4-3-5-9(12-8)6-7-10(11)13;2*1-2/h3-5H,2,6-7H2,1H3,(H2,11,13);2*1-2H3. The maximum absolute atomic E-state index is 10.5. The number of carbonyl (C=O) groups is 1. The van der Waals surface area contributed by atoms with E-state index in [1.807, 2.05) is 45.9 Å². The number of amides is 1. The van der Waals surface area contributed by atoms with Crippen LogP contribution in [0.25, 0.3) is 0 Å². The summed E-state index contributed by atoms with van der Waals surface area (Å²) in [5.74, 6) is -0.274. The van der Waals surface area contributed by atoms with Gasteiger partial charge in [-0.25, -0.2) is 0 Å². The summed E-state index contributed by atoms with van der Waals surface area (Å²) in [6, 6.07) is 5.86. The number of carbonyl (C=O) groups excluding carboxylic acids is 1. The summed E-state index contributed by atoms with van der Waals surface area (Å²) in [5.41, 5.74) is 7.04. The van der Waals surface area contributed by atoms with Crippen LogP contribution in [0.15, 0.2) is 18.2 Å². The number of hydrogen-bond acceptors (Lipinski definition) is 2. The molecule has 0 bridgehead atoms. The van der Waals surface area contributed by atoms with Gasteiger partial charge in [0.1, 0.15) is 0 Å². The zero-order valence-electron chi connectivity index (χ0n) is 11.8. The number of pyridine rings is 1. The number of primary amides is 1. The largest absolute Gasteiger partial charge is 0.370 e. The van der Waals surface area contributed by atoms with Crippen LogP contribution in [-0.2, 0) is 17.6 Å². The van der Waals surface area contributed by atoms with Gasteiger partial charge >= 0.3 is 0 Å². The van der Waals surface area contributed by atoms with Crippen LogP contribution in [-0.4, -0.2) is 10.9 Å². The van der Waals surface area contributed by atoms with Crippen molar-refractivity contribution < 1.29 is 4.79 Å². The summed E-state index contributed by atoms with van der Waals surface area (Å²) in [5, 5.41) is 0. The molecule has 3 nitrogen and oxygen atoms in total. The van der Waals surface area contributed by atoms with Gasteiger partial charge in [-0.1, -0.05) is 40.7 Å². The van der Waals surface area contributed by atoms with E-state index in [0.29, 0.717) is 12.8 Å². The summed E-state index contributed by atoms with van der Waals surface area (Å²) in [7, 11) is 0. The summed E-state index contributed by atoms with van der Waals surface area (Å²) in [6.07, 6.45) is 1.94. The molecule has 1 aromatic rings. The van der Waals surface area contributed by atoms with E-state index in [1.165, 1.54) is 0 Å². The highest BCUT2D eigenvalue weighted by Crippen LogP contribution is 2.02. The average Bonchev–Trinajstić information content (AvgIpc) is 2.41. The first kappa shape index (κ1) is 18.0. The van der Waals surface area contributed by atoms with Gasteiger partial charge in [-0.3, -0.25) is 9.78 Å². The lowest BCUT2D eigenvalue weighted by atomic mass is 10.2. The third-order valence-corrected chi connectivity index (χ3v) is 1.85. The lowest BCUT2D eigenvalue weighted by molar-refractivity contribution is -0.118. The van der Waals surface area contributed by atoms with Gasteiger partial charge in [-0.05, 0) is 25.0 Å². The molecular weight excluding hydrogens is 212 g/mol. The normalized spacial score (nSPS) is 8.29. The van der Waals surface area contributed by atoms with E-state index < -0.39 is 0 Å². The fourth-order valence-electron chi connectivity index (χ4n) is 1.12. The Balaban J connectivity index is 0. The molecule has 1 aromatic heterocycles. The molecule has 0 fully saturated rings. The van der Waals surface area contributed by atoms with Crippen molar-refractivity contribution in [2.24, 2.45) is 5.73 Å². The van der Waals surface area contributed by atoms with Crippen LogP contribution in [0.2, 0.25) is 0 Å². The second kappa shape index (κ2) is 12.7. The number of nitrogens with two attached hydrogens (primary N) is 1. The van der Waals surface area contributed by atoms with Gasteiger partial charge in [0.2, 0.25) is 5.91 Å². The van der Waals surface area contributed by atoms with E-state index >= 15 is 0 Å². The maximum Gasteiger partial charge on any atom is 0.217 e. The predicted molar refractivity (Wildman–Crippen MR) is 73.8 cm³/mol. The molecule has 1 heterocycles. The lowest BCUT2D eigenvalue weighted by Crippen LogP contribution is -2.11. The van der Waals surface area contributed by atoms with Gasteiger partial charge < -0.3 is 5.73 Å². The fourth-order valence-corrected chi connectivity index (χ4v) is 1.12. The molecule has 0 atom stereocenters. The first-order valence-corrected chi connectivity index (χ1v) is 6.45. The zero-order valence-corrected chi connectivity index (χ0v) is 11.8. The molecule has 0 spiro atoms. The molecule has 0 radical (unpaired) electrons. The van der Waals surface area contributed by atoms with Crippen molar-refractivity contribution in [3.05, 3.63) is 29.6 Å². The molecule has 98 valence electrons. The van der Waals surface area contributed by atoms with Crippen LogP contribution < -0.4 is 5.73 Å². The SMILES string of the molecule is CC.CC.CCc1cccc(CCC(N)=O)n1. The maximum atomic E-state index is 10.5. The van der Waals surface area contributed by atoms with Gasteiger partial charge in [-0.2, -0.15) is 0 Å². The third kappa shape index (κ3) is 9.54. The summed E-state index contributed by atoms with van der Waals surface area (Å²) >= 11 is 0. The topological polar surface area (TPSA) is 56.0 Å². The molecule has 0 unspecified atom stereocenters. The van der Waals surface area contributed by atoms with E-state index in [1.54, 1.807) is 0 Å². The Hall–Kier alpha value is -1.38. The molecular formula is C14H26N2O. The minimum absolute atomic E-state index is 0.274. The third-order valence-electron chi connectivity index (χ3n) is 1.85. The van der Waals surface area contributed by atoms with Gasteiger partial charge in [-0.15, -0.1) is 0 Å². The molecule has 1 amide bonds. The Morgan fingerprint density at radius 1 is 1.18 bits per heavy atom. The smallest absolute Gasteiger partial charge is 0.217 e. The van der Waals surface area contributed by atoms with Crippen molar-refractivity contribution >= 4 is 5.91 Å². The van der Waals surface area contributed by atoms with Crippen LogP contribution in [0.4, 0.5) is 0 Å². The monoisotopic (exact) mass is 238 g/mol. The Labute approximate surface area is 105 Å².